The van der Waals surface area contributed by atoms with Crippen molar-refractivity contribution in [1.29, 1.82) is 0 Å². The van der Waals surface area contributed by atoms with Crippen LogP contribution in [0.2, 0.25) is 0 Å². The molecule has 21 heavy (non-hydrogen) atoms. The van der Waals surface area contributed by atoms with Crippen molar-refractivity contribution in [3.8, 4) is 0 Å². The van der Waals surface area contributed by atoms with Crippen molar-refractivity contribution in [2.24, 2.45) is 5.92 Å². The molecule has 2 atom stereocenters. The second-order valence-electron chi connectivity index (χ2n) is 5.86. The third-order valence-electron chi connectivity index (χ3n) is 3.35. The SMILES string of the molecule is CC(=O)N[C@@H]1CN(C(=O)c2cc(CC(C)C)no2)C[C@H]1O. The first kappa shape index (κ1) is 15.5. The van der Waals surface area contributed by atoms with Crippen molar-refractivity contribution in [3.05, 3.63) is 17.5 Å². The van der Waals surface area contributed by atoms with Crippen LogP contribution in [0.5, 0.6) is 0 Å². The maximum Gasteiger partial charge on any atom is 0.292 e. The van der Waals surface area contributed by atoms with Gasteiger partial charge in [-0.3, -0.25) is 9.59 Å². The molecule has 0 bridgehead atoms. The topological polar surface area (TPSA) is 95.7 Å². The highest BCUT2D eigenvalue weighted by Gasteiger charge is 2.36. The van der Waals surface area contributed by atoms with Crippen LogP contribution in [0.3, 0.4) is 0 Å². The van der Waals surface area contributed by atoms with E-state index in [0.717, 1.165) is 12.1 Å². The Hall–Kier alpha value is -1.89. The number of β-amino-alcohol motifs (C(OH)–C–C–N with tert-alkyl or cyclic N) is 1. The number of hydrogen-bond donors (Lipinski definition) is 2. The number of carbonyl (C=O) groups is 2. The molecule has 0 radical (unpaired) electrons. The molecule has 116 valence electrons. The Morgan fingerprint density at radius 3 is 2.86 bits per heavy atom. The number of amides is 2. The molecule has 7 nitrogen and oxygen atoms in total. The van der Waals surface area contributed by atoms with Crippen LogP contribution >= 0.6 is 0 Å². The minimum absolute atomic E-state index is 0.168. The van der Waals surface area contributed by atoms with Gasteiger partial charge < -0.3 is 19.8 Å². The first-order valence-corrected chi connectivity index (χ1v) is 7.07. The summed E-state index contributed by atoms with van der Waals surface area (Å²) < 4.78 is 5.08. The maximum atomic E-state index is 12.3. The smallest absolute Gasteiger partial charge is 0.292 e. The van der Waals surface area contributed by atoms with Crippen molar-refractivity contribution >= 4 is 11.8 Å². The summed E-state index contributed by atoms with van der Waals surface area (Å²) in [6.45, 7) is 5.94. The van der Waals surface area contributed by atoms with Crippen LogP contribution in [0.25, 0.3) is 0 Å². The van der Waals surface area contributed by atoms with E-state index in [1.54, 1.807) is 6.07 Å². The molecule has 0 aromatic carbocycles. The summed E-state index contributed by atoms with van der Waals surface area (Å²) in [5.74, 6) is 0.0498. The minimum Gasteiger partial charge on any atom is -0.389 e. The first-order chi connectivity index (χ1) is 9.86. The molecule has 2 rings (SSSR count). The molecule has 2 amide bonds. The molecular weight excluding hydrogens is 274 g/mol. The summed E-state index contributed by atoms with van der Waals surface area (Å²) in [5, 5.41) is 16.4. The first-order valence-electron chi connectivity index (χ1n) is 7.07. The van der Waals surface area contributed by atoms with Gasteiger partial charge in [0.25, 0.3) is 5.91 Å². The largest absolute Gasteiger partial charge is 0.389 e. The zero-order valence-corrected chi connectivity index (χ0v) is 12.5. The van der Waals surface area contributed by atoms with E-state index >= 15 is 0 Å². The summed E-state index contributed by atoms with van der Waals surface area (Å²) in [7, 11) is 0. The van der Waals surface area contributed by atoms with Crippen molar-refractivity contribution in [3.63, 3.8) is 0 Å². The van der Waals surface area contributed by atoms with Gasteiger partial charge in [-0.15, -0.1) is 0 Å². The number of nitrogens with one attached hydrogen (secondary N) is 1. The van der Waals surface area contributed by atoms with Gasteiger partial charge in [-0.1, -0.05) is 19.0 Å². The van der Waals surface area contributed by atoms with Gasteiger partial charge in [-0.25, -0.2) is 0 Å². The number of hydrogen-bond acceptors (Lipinski definition) is 5. The molecule has 1 fully saturated rings. The lowest BCUT2D eigenvalue weighted by atomic mass is 10.1. The summed E-state index contributed by atoms with van der Waals surface area (Å²) >= 11 is 0. The number of aromatic nitrogens is 1. The quantitative estimate of drug-likeness (QED) is 0.827. The van der Waals surface area contributed by atoms with Gasteiger partial charge in [-0.05, 0) is 12.3 Å². The zero-order valence-electron chi connectivity index (χ0n) is 12.5. The Morgan fingerprint density at radius 1 is 1.52 bits per heavy atom. The Morgan fingerprint density at radius 2 is 2.24 bits per heavy atom. The fraction of sp³-hybridized carbons (Fsp3) is 0.643. The fourth-order valence-corrected chi connectivity index (χ4v) is 2.44. The lowest BCUT2D eigenvalue weighted by Crippen LogP contribution is -2.41. The van der Waals surface area contributed by atoms with Gasteiger partial charge >= 0.3 is 0 Å². The van der Waals surface area contributed by atoms with Crippen molar-refractivity contribution in [2.45, 2.75) is 39.3 Å². The molecule has 2 heterocycles. The summed E-state index contributed by atoms with van der Waals surface area (Å²) in [4.78, 5) is 24.8. The summed E-state index contributed by atoms with van der Waals surface area (Å²) in [6, 6.07) is 1.20. The normalized spacial score (nSPS) is 21.9. The highest BCUT2D eigenvalue weighted by molar-refractivity contribution is 5.91. The third-order valence-corrected chi connectivity index (χ3v) is 3.35. The van der Waals surface area contributed by atoms with E-state index < -0.39 is 12.1 Å². The standard InChI is InChI=1S/C14H21N3O4/c1-8(2)4-10-5-13(21-16-10)14(20)17-6-11(12(19)7-17)15-9(3)18/h5,8,11-12,19H,4,6-7H2,1-3H3,(H,15,18)/t11-,12-/m1/s1. The van der Waals surface area contributed by atoms with Gasteiger partial charge in [0.2, 0.25) is 11.7 Å². The lowest BCUT2D eigenvalue weighted by molar-refractivity contribution is -0.120. The molecule has 1 aromatic heterocycles. The van der Waals surface area contributed by atoms with Crippen molar-refractivity contribution < 1.29 is 19.2 Å². The number of aliphatic hydroxyl groups excluding tert-OH is 1. The van der Waals surface area contributed by atoms with Gasteiger partial charge in [0.1, 0.15) is 0 Å². The molecule has 1 saturated heterocycles. The number of rotatable bonds is 4. The molecule has 0 aliphatic carbocycles. The van der Waals surface area contributed by atoms with E-state index in [1.165, 1.54) is 11.8 Å². The molecule has 1 aliphatic heterocycles. The summed E-state index contributed by atoms with van der Waals surface area (Å²) in [6.07, 6.45) is -0.0237. The van der Waals surface area contributed by atoms with Crippen LogP contribution in [-0.4, -0.2) is 52.2 Å². The highest BCUT2D eigenvalue weighted by Crippen LogP contribution is 2.16. The predicted octanol–water partition coefficient (Wildman–Crippen LogP) is 0.194. The fourth-order valence-electron chi connectivity index (χ4n) is 2.44. The number of carbonyl (C=O) groups excluding carboxylic acids is 2. The Bertz CT molecular complexity index is 526. The monoisotopic (exact) mass is 295 g/mol. The average molecular weight is 295 g/mol. The van der Waals surface area contributed by atoms with Crippen molar-refractivity contribution in [2.75, 3.05) is 13.1 Å². The Kier molecular flexibility index (Phi) is 4.62. The van der Waals surface area contributed by atoms with Crippen LogP contribution in [0.15, 0.2) is 10.6 Å². The molecule has 0 saturated carbocycles. The van der Waals surface area contributed by atoms with Crippen LogP contribution in [0, 0.1) is 5.92 Å². The van der Waals surface area contributed by atoms with Gasteiger partial charge in [-0.2, -0.15) is 0 Å². The number of aliphatic hydroxyl groups is 1. The zero-order chi connectivity index (χ0) is 15.6. The van der Waals surface area contributed by atoms with E-state index in [2.05, 4.69) is 24.3 Å². The number of nitrogens with zero attached hydrogens (tertiary/aromatic N) is 2. The van der Waals surface area contributed by atoms with E-state index in [0.29, 0.717) is 5.92 Å². The van der Waals surface area contributed by atoms with E-state index in [1.807, 2.05) is 0 Å². The molecule has 0 unspecified atom stereocenters. The Balaban J connectivity index is 2.00. The van der Waals surface area contributed by atoms with E-state index in [4.69, 9.17) is 4.52 Å². The minimum atomic E-state index is -0.768. The van der Waals surface area contributed by atoms with Crippen LogP contribution < -0.4 is 5.32 Å². The maximum absolute atomic E-state index is 12.3. The molecule has 7 heteroatoms. The average Bonchev–Trinajstić information content (AvgIpc) is 2.95. The van der Waals surface area contributed by atoms with Crippen LogP contribution in [-0.2, 0) is 11.2 Å². The van der Waals surface area contributed by atoms with Crippen LogP contribution in [0.4, 0.5) is 0 Å². The van der Waals surface area contributed by atoms with Gasteiger partial charge in [0.15, 0.2) is 0 Å². The lowest BCUT2D eigenvalue weighted by Gasteiger charge is -2.14. The van der Waals surface area contributed by atoms with E-state index in [9.17, 15) is 14.7 Å². The van der Waals surface area contributed by atoms with Crippen LogP contribution in [0.1, 0.15) is 37.0 Å². The van der Waals surface area contributed by atoms with E-state index in [-0.39, 0.29) is 30.7 Å². The third kappa shape index (κ3) is 3.81. The molecule has 1 aliphatic rings. The predicted molar refractivity (Wildman–Crippen MR) is 74.6 cm³/mol. The Labute approximate surface area is 123 Å². The highest BCUT2D eigenvalue weighted by atomic mass is 16.5. The number of likely N-dealkylation sites (tertiary alicyclic amines) is 1. The molecule has 2 N–H and O–H groups in total. The van der Waals surface area contributed by atoms with Crippen molar-refractivity contribution in [1.82, 2.24) is 15.4 Å². The second-order valence-corrected chi connectivity index (χ2v) is 5.86. The summed E-state index contributed by atoms with van der Waals surface area (Å²) in [5.41, 5.74) is 0.742. The molecule has 0 spiro atoms. The van der Waals surface area contributed by atoms with Gasteiger partial charge in [0.05, 0.1) is 17.8 Å². The molecule has 1 aromatic rings. The molecular formula is C14H21N3O4. The second kappa shape index (κ2) is 6.26. The van der Waals surface area contributed by atoms with Gasteiger partial charge in [0, 0.05) is 26.1 Å².